The molecule has 0 amide bonds. The van der Waals surface area contributed by atoms with Crippen LogP contribution in [-0.4, -0.2) is 22.8 Å². The molecule has 2 rings (SSSR count). The van der Waals surface area contributed by atoms with Crippen LogP contribution in [0.1, 0.15) is 16.8 Å². The van der Waals surface area contributed by atoms with Crippen LogP contribution in [-0.2, 0) is 13.0 Å². The molecule has 4 nitrogen and oxygen atoms in total. The maximum Gasteiger partial charge on any atom is 0.422 e. The normalized spacial score (nSPS) is 11.4. The zero-order chi connectivity index (χ0) is 15.3. The van der Waals surface area contributed by atoms with E-state index in [9.17, 15) is 13.2 Å². The van der Waals surface area contributed by atoms with Crippen molar-refractivity contribution in [3.05, 3.63) is 34.4 Å². The molecule has 1 N–H and O–H groups in total. The van der Waals surface area contributed by atoms with Crippen LogP contribution in [0, 0.1) is 0 Å². The number of anilines is 1. The third-order valence-corrected chi connectivity index (χ3v) is 3.63. The van der Waals surface area contributed by atoms with Crippen molar-refractivity contribution < 1.29 is 17.9 Å². The van der Waals surface area contributed by atoms with Gasteiger partial charge in [-0.25, -0.2) is 9.97 Å². The molecular weight excluding hydrogens is 303 g/mol. The SMILES string of the molecule is CCc1ncc(CNc2ccc(OCC(F)(F)F)nc2)s1. The van der Waals surface area contributed by atoms with Gasteiger partial charge in [-0.3, -0.25) is 0 Å². The van der Waals surface area contributed by atoms with E-state index in [0.717, 1.165) is 16.3 Å². The van der Waals surface area contributed by atoms with Gasteiger partial charge in [-0.2, -0.15) is 13.2 Å². The van der Waals surface area contributed by atoms with Crippen molar-refractivity contribution in [3.8, 4) is 5.88 Å². The highest BCUT2D eigenvalue weighted by Gasteiger charge is 2.28. The van der Waals surface area contributed by atoms with Crippen LogP contribution in [0.2, 0.25) is 0 Å². The molecule has 0 unspecified atom stereocenters. The van der Waals surface area contributed by atoms with Gasteiger partial charge in [-0.15, -0.1) is 11.3 Å². The largest absolute Gasteiger partial charge is 0.468 e. The van der Waals surface area contributed by atoms with Crippen LogP contribution in [0.25, 0.3) is 0 Å². The molecule has 2 aromatic rings. The van der Waals surface area contributed by atoms with Crippen molar-refractivity contribution in [2.24, 2.45) is 0 Å². The Bertz CT molecular complexity index is 569. The molecule has 0 spiro atoms. The predicted molar refractivity (Wildman–Crippen MR) is 74.6 cm³/mol. The zero-order valence-corrected chi connectivity index (χ0v) is 12.1. The van der Waals surface area contributed by atoms with Gasteiger partial charge in [-0.1, -0.05) is 6.92 Å². The lowest BCUT2D eigenvalue weighted by molar-refractivity contribution is -0.154. The van der Waals surface area contributed by atoms with Gasteiger partial charge in [0.2, 0.25) is 5.88 Å². The summed E-state index contributed by atoms with van der Waals surface area (Å²) in [4.78, 5) is 9.15. The van der Waals surface area contributed by atoms with Crippen LogP contribution in [0.5, 0.6) is 5.88 Å². The van der Waals surface area contributed by atoms with Gasteiger partial charge in [0.25, 0.3) is 0 Å². The summed E-state index contributed by atoms with van der Waals surface area (Å²) in [5, 5.41) is 4.20. The molecule has 0 aliphatic heterocycles. The molecule has 0 fully saturated rings. The Hall–Kier alpha value is -1.83. The first-order chi connectivity index (χ1) is 9.96. The monoisotopic (exact) mass is 317 g/mol. The number of hydrogen-bond donors (Lipinski definition) is 1. The maximum atomic E-state index is 12.0. The summed E-state index contributed by atoms with van der Waals surface area (Å²) < 4.78 is 40.5. The summed E-state index contributed by atoms with van der Waals surface area (Å²) in [6.45, 7) is 1.30. The Morgan fingerprint density at radius 1 is 1.24 bits per heavy atom. The Labute approximate surface area is 124 Å². The smallest absolute Gasteiger partial charge is 0.422 e. The lowest BCUT2D eigenvalue weighted by Gasteiger charge is -2.09. The molecule has 8 heteroatoms. The number of pyridine rings is 1. The summed E-state index contributed by atoms with van der Waals surface area (Å²) in [7, 11) is 0. The lowest BCUT2D eigenvalue weighted by atomic mass is 10.4. The van der Waals surface area contributed by atoms with Gasteiger partial charge in [-0.05, 0) is 12.5 Å². The number of halogens is 3. The highest BCUT2D eigenvalue weighted by molar-refractivity contribution is 7.11. The highest BCUT2D eigenvalue weighted by atomic mass is 32.1. The number of thiazole rings is 1. The second kappa shape index (κ2) is 6.75. The van der Waals surface area contributed by atoms with Gasteiger partial charge < -0.3 is 10.1 Å². The number of nitrogens with zero attached hydrogens (tertiary/aromatic N) is 2. The van der Waals surface area contributed by atoms with E-state index in [1.807, 2.05) is 13.1 Å². The highest BCUT2D eigenvalue weighted by Crippen LogP contribution is 2.19. The summed E-state index contributed by atoms with van der Waals surface area (Å²) in [6.07, 6.45) is -0.211. The predicted octanol–water partition coefficient (Wildman–Crippen LogP) is 3.65. The molecule has 0 saturated carbocycles. The molecule has 0 radical (unpaired) electrons. The quantitative estimate of drug-likeness (QED) is 0.883. The molecule has 0 bridgehead atoms. The second-order valence-corrected chi connectivity index (χ2v) is 5.42. The molecule has 0 aliphatic rings. The Kier molecular flexibility index (Phi) is 5.00. The van der Waals surface area contributed by atoms with Crippen LogP contribution >= 0.6 is 11.3 Å². The number of alkyl halides is 3. The van der Waals surface area contributed by atoms with E-state index in [1.54, 1.807) is 17.4 Å². The average molecular weight is 317 g/mol. The fourth-order valence-electron chi connectivity index (χ4n) is 1.51. The molecule has 2 aromatic heterocycles. The van der Waals surface area contributed by atoms with E-state index >= 15 is 0 Å². The summed E-state index contributed by atoms with van der Waals surface area (Å²) in [6, 6.07) is 3.03. The Morgan fingerprint density at radius 3 is 2.62 bits per heavy atom. The van der Waals surface area contributed by atoms with Crippen molar-refractivity contribution in [2.45, 2.75) is 26.1 Å². The molecule has 114 valence electrons. The standard InChI is InChI=1S/C13H14F3N3OS/c1-2-12-19-7-10(21-12)6-17-9-3-4-11(18-5-9)20-8-13(14,15)16/h3-5,7,17H,2,6,8H2,1H3. The third kappa shape index (κ3) is 5.22. The first-order valence-corrected chi connectivity index (χ1v) is 7.11. The van der Waals surface area contributed by atoms with E-state index in [1.165, 1.54) is 12.3 Å². The number of aryl methyl sites for hydroxylation is 1. The minimum Gasteiger partial charge on any atom is -0.468 e. The van der Waals surface area contributed by atoms with Gasteiger partial charge in [0, 0.05) is 17.1 Å². The van der Waals surface area contributed by atoms with Crippen LogP contribution in [0.15, 0.2) is 24.5 Å². The van der Waals surface area contributed by atoms with Gasteiger partial charge in [0.05, 0.1) is 23.4 Å². The molecule has 0 aliphatic carbocycles. The van der Waals surface area contributed by atoms with Crippen LogP contribution in [0.4, 0.5) is 18.9 Å². The average Bonchev–Trinajstić information content (AvgIpc) is 2.91. The van der Waals surface area contributed by atoms with Crippen molar-refractivity contribution in [1.82, 2.24) is 9.97 Å². The second-order valence-electron chi connectivity index (χ2n) is 4.22. The molecular formula is C13H14F3N3OS. The zero-order valence-electron chi connectivity index (χ0n) is 11.3. The Morgan fingerprint density at radius 2 is 2.05 bits per heavy atom. The molecule has 0 atom stereocenters. The van der Waals surface area contributed by atoms with Crippen molar-refractivity contribution in [3.63, 3.8) is 0 Å². The maximum absolute atomic E-state index is 12.0. The molecule has 2 heterocycles. The first kappa shape index (κ1) is 15.6. The van der Waals surface area contributed by atoms with E-state index < -0.39 is 12.8 Å². The van der Waals surface area contributed by atoms with E-state index in [4.69, 9.17) is 0 Å². The molecule has 0 aromatic carbocycles. The van der Waals surface area contributed by atoms with Crippen molar-refractivity contribution in [1.29, 1.82) is 0 Å². The minimum atomic E-state index is -4.36. The van der Waals surface area contributed by atoms with Crippen LogP contribution < -0.4 is 10.1 Å². The van der Waals surface area contributed by atoms with Crippen LogP contribution in [0.3, 0.4) is 0 Å². The van der Waals surface area contributed by atoms with Crippen molar-refractivity contribution in [2.75, 3.05) is 11.9 Å². The van der Waals surface area contributed by atoms with Crippen molar-refractivity contribution >= 4 is 17.0 Å². The summed E-state index contributed by atoms with van der Waals surface area (Å²) in [5.41, 5.74) is 0.709. The number of nitrogens with one attached hydrogen (secondary N) is 1. The van der Waals surface area contributed by atoms with E-state index in [-0.39, 0.29) is 5.88 Å². The van der Waals surface area contributed by atoms with Gasteiger partial charge in [0.15, 0.2) is 6.61 Å². The van der Waals surface area contributed by atoms with E-state index in [2.05, 4.69) is 20.0 Å². The van der Waals surface area contributed by atoms with Gasteiger partial charge >= 0.3 is 6.18 Å². The number of ether oxygens (including phenoxy) is 1. The first-order valence-electron chi connectivity index (χ1n) is 6.29. The molecule has 0 saturated heterocycles. The minimum absolute atomic E-state index is 0.0519. The summed E-state index contributed by atoms with van der Waals surface area (Å²) >= 11 is 1.62. The summed E-state index contributed by atoms with van der Waals surface area (Å²) in [5.74, 6) is -0.0519. The fraction of sp³-hybridized carbons (Fsp3) is 0.385. The molecule has 21 heavy (non-hydrogen) atoms. The number of aromatic nitrogens is 2. The number of rotatable bonds is 6. The van der Waals surface area contributed by atoms with Gasteiger partial charge in [0.1, 0.15) is 0 Å². The topological polar surface area (TPSA) is 47.0 Å². The third-order valence-electron chi connectivity index (χ3n) is 2.49. The lowest BCUT2D eigenvalue weighted by Crippen LogP contribution is -2.19. The number of hydrogen-bond acceptors (Lipinski definition) is 5. The van der Waals surface area contributed by atoms with E-state index in [0.29, 0.717) is 12.2 Å². The Balaban J connectivity index is 1.84. The fourth-order valence-corrected chi connectivity index (χ4v) is 2.31.